The lowest BCUT2D eigenvalue weighted by atomic mass is 10.3. The maximum atomic E-state index is 12.9. The molecule has 1 aromatic heterocycles. The van der Waals surface area contributed by atoms with Gasteiger partial charge in [-0.2, -0.15) is 0 Å². The molecular formula is C15H15FN2O2. The Bertz CT molecular complexity index is 751. The molecule has 4 nitrogen and oxygen atoms in total. The van der Waals surface area contributed by atoms with E-state index in [4.69, 9.17) is 0 Å². The SMILES string of the molecule is CC(C)=CCn1ccc(=O)n(-c2ccc(F)cc2)c1=O. The monoisotopic (exact) mass is 274 g/mol. The van der Waals surface area contributed by atoms with Crippen LogP contribution >= 0.6 is 0 Å². The highest BCUT2D eigenvalue weighted by Crippen LogP contribution is 2.04. The number of rotatable bonds is 3. The maximum Gasteiger partial charge on any atom is 0.335 e. The quantitative estimate of drug-likeness (QED) is 0.805. The summed E-state index contributed by atoms with van der Waals surface area (Å²) in [5, 5.41) is 0. The summed E-state index contributed by atoms with van der Waals surface area (Å²) in [6.45, 7) is 4.25. The first kappa shape index (κ1) is 14.0. The van der Waals surface area contributed by atoms with Crippen molar-refractivity contribution in [3.05, 3.63) is 74.8 Å². The van der Waals surface area contributed by atoms with E-state index < -0.39 is 17.1 Å². The van der Waals surface area contributed by atoms with Crippen molar-refractivity contribution < 1.29 is 4.39 Å². The second-order valence-corrected chi connectivity index (χ2v) is 4.68. The molecule has 0 unspecified atom stereocenters. The van der Waals surface area contributed by atoms with Gasteiger partial charge in [-0.3, -0.25) is 9.36 Å². The summed E-state index contributed by atoms with van der Waals surface area (Å²) in [5.41, 5.74) is 0.557. The molecule has 0 aliphatic rings. The summed E-state index contributed by atoms with van der Waals surface area (Å²) in [6, 6.07) is 6.57. The summed E-state index contributed by atoms with van der Waals surface area (Å²) in [6.07, 6.45) is 3.35. The highest BCUT2D eigenvalue weighted by atomic mass is 19.1. The summed E-state index contributed by atoms with van der Waals surface area (Å²) >= 11 is 0. The molecule has 1 aromatic carbocycles. The molecule has 20 heavy (non-hydrogen) atoms. The van der Waals surface area contributed by atoms with Crippen molar-refractivity contribution in [1.29, 1.82) is 0 Å². The second kappa shape index (κ2) is 5.69. The Labute approximate surface area is 115 Å². The molecule has 0 atom stereocenters. The predicted molar refractivity (Wildman–Crippen MR) is 75.7 cm³/mol. The van der Waals surface area contributed by atoms with E-state index in [-0.39, 0.29) is 0 Å². The first-order valence-electron chi connectivity index (χ1n) is 6.21. The number of hydrogen-bond acceptors (Lipinski definition) is 2. The molecule has 2 aromatic rings. The Morgan fingerprint density at radius 1 is 1.15 bits per heavy atom. The minimum Gasteiger partial charge on any atom is -0.296 e. The van der Waals surface area contributed by atoms with E-state index in [0.29, 0.717) is 12.2 Å². The predicted octanol–water partition coefficient (Wildman–Crippen LogP) is 2.10. The highest BCUT2D eigenvalue weighted by Gasteiger charge is 2.06. The van der Waals surface area contributed by atoms with E-state index in [1.807, 2.05) is 19.9 Å². The van der Waals surface area contributed by atoms with E-state index in [1.54, 1.807) is 0 Å². The molecule has 0 aliphatic carbocycles. The molecule has 0 radical (unpaired) electrons. The van der Waals surface area contributed by atoms with Crippen molar-refractivity contribution in [3.63, 3.8) is 0 Å². The average molecular weight is 274 g/mol. The van der Waals surface area contributed by atoms with Gasteiger partial charge in [-0.05, 0) is 38.1 Å². The molecule has 0 saturated carbocycles. The lowest BCUT2D eigenvalue weighted by Crippen LogP contribution is -2.37. The van der Waals surface area contributed by atoms with Crippen molar-refractivity contribution >= 4 is 0 Å². The van der Waals surface area contributed by atoms with Crippen LogP contribution in [0.4, 0.5) is 4.39 Å². The Morgan fingerprint density at radius 3 is 2.40 bits per heavy atom. The molecule has 0 saturated heterocycles. The lowest BCUT2D eigenvalue weighted by molar-refractivity contribution is 0.626. The van der Waals surface area contributed by atoms with Crippen molar-refractivity contribution in [1.82, 2.24) is 9.13 Å². The highest BCUT2D eigenvalue weighted by molar-refractivity contribution is 5.31. The summed E-state index contributed by atoms with van der Waals surface area (Å²) in [7, 11) is 0. The lowest BCUT2D eigenvalue weighted by Gasteiger charge is -2.08. The van der Waals surface area contributed by atoms with Crippen LogP contribution in [0, 0.1) is 5.82 Å². The Kier molecular flexibility index (Phi) is 3.98. The van der Waals surface area contributed by atoms with Crippen LogP contribution in [0.1, 0.15) is 13.8 Å². The van der Waals surface area contributed by atoms with Gasteiger partial charge in [-0.1, -0.05) is 11.6 Å². The van der Waals surface area contributed by atoms with E-state index >= 15 is 0 Å². The molecule has 0 spiro atoms. The summed E-state index contributed by atoms with van der Waals surface area (Å²) in [4.78, 5) is 24.1. The molecular weight excluding hydrogens is 259 g/mol. The van der Waals surface area contributed by atoms with E-state index in [0.717, 1.165) is 10.1 Å². The van der Waals surface area contributed by atoms with Gasteiger partial charge in [0, 0.05) is 18.8 Å². The molecule has 5 heteroatoms. The zero-order chi connectivity index (χ0) is 14.7. The van der Waals surface area contributed by atoms with Crippen molar-refractivity contribution in [2.75, 3.05) is 0 Å². The first-order valence-corrected chi connectivity index (χ1v) is 6.21. The Balaban J connectivity index is 2.56. The van der Waals surface area contributed by atoms with Gasteiger partial charge in [0.2, 0.25) is 0 Å². The number of hydrogen-bond donors (Lipinski definition) is 0. The molecule has 0 bridgehead atoms. The molecule has 0 amide bonds. The van der Waals surface area contributed by atoms with Gasteiger partial charge < -0.3 is 0 Å². The van der Waals surface area contributed by atoms with E-state index in [2.05, 4.69) is 0 Å². The van der Waals surface area contributed by atoms with Crippen LogP contribution in [-0.4, -0.2) is 9.13 Å². The number of nitrogens with zero attached hydrogens (tertiary/aromatic N) is 2. The number of aromatic nitrogens is 2. The Hall–Kier alpha value is -2.43. The average Bonchev–Trinajstić information content (AvgIpc) is 2.40. The summed E-state index contributed by atoms with van der Waals surface area (Å²) in [5.74, 6) is -0.414. The van der Waals surface area contributed by atoms with Crippen LogP contribution in [0.2, 0.25) is 0 Å². The second-order valence-electron chi connectivity index (χ2n) is 4.68. The number of benzene rings is 1. The minimum absolute atomic E-state index is 0.355. The Morgan fingerprint density at radius 2 is 1.80 bits per heavy atom. The molecule has 0 aliphatic heterocycles. The van der Waals surface area contributed by atoms with Crippen molar-refractivity contribution in [2.24, 2.45) is 0 Å². The van der Waals surface area contributed by atoms with Gasteiger partial charge in [-0.25, -0.2) is 13.8 Å². The zero-order valence-corrected chi connectivity index (χ0v) is 11.3. The van der Waals surface area contributed by atoms with Crippen LogP contribution in [0.25, 0.3) is 5.69 Å². The molecule has 104 valence electrons. The molecule has 0 fully saturated rings. The van der Waals surface area contributed by atoms with Crippen LogP contribution in [-0.2, 0) is 6.54 Å². The van der Waals surface area contributed by atoms with Gasteiger partial charge in [0.15, 0.2) is 0 Å². The van der Waals surface area contributed by atoms with Gasteiger partial charge in [-0.15, -0.1) is 0 Å². The normalized spacial score (nSPS) is 10.3. The van der Waals surface area contributed by atoms with Crippen molar-refractivity contribution in [3.8, 4) is 5.69 Å². The van der Waals surface area contributed by atoms with Crippen LogP contribution in [0.3, 0.4) is 0 Å². The molecule has 1 heterocycles. The smallest absolute Gasteiger partial charge is 0.296 e. The van der Waals surface area contributed by atoms with Crippen LogP contribution < -0.4 is 11.2 Å². The fourth-order valence-electron chi connectivity index (χ4n) is 1.76. The topological polar surface area (TPSA) is 44.0 Å². The zero-order valence-electron chi connectivity index (χ0n) is 11.3. The van der Waals surface area contributed by atoms with Crippen molar-refractivity contribution in [2.45, 2.75) is 20.4 Å². The van der Waals surface area contributed by atoms with Gasteiger partial charge >= 0.3 is 5.69 Å². The fraction of sp³-hybridized carbons (Fsp3) is 0.200. The largest absolute Gasteiger partial charge is 0.335 e. The van der Waals surface area contributed by atoms with E-state index in [1.165, 1.54) is 41.1 Å². The third kappa shape index (κ3) is 2.93. The standard InChI is InChI=1S/C15H15FN2O2/c1-11(2)7-9-17-10-8-14(19)18(15(17)20)13-5-3-12(16)4-6-13/h3-8,10H,9H2,1-2H3. The fourth-order valence-corrected chi connectivity index (χ4v) is 1.76. The van der Waals surface area contributed by atoms with Gasteiger partial charge in [0.05, 0.1) is 5.69 Å². The third-order valence-electron chi connectivity index (χ3n) is 2.84. The van der Waals surface area contributed by atoms with Gasteiger partial charge in [0.25, 0.3) is 5.56 Å². The molecule has 2 rings (SSSR count). The number of allylic oxidation sites excluding steroid dienone is 2. The minimum atomic E-state index is -0.443. The third-order valence-corrected chi connectivity index (χ3v) is 2.84. The number of halogens is 1. The maximum absolute atomic E-state index is 12.9. The molecule has 0 N–H and O–H groups in total. The van der Waals surface area contributed by atoms with Gasteiger partial charge in [0.1, 0.15) is 5.82 Å². The van der Waals surface area contributed by atoms with E-state index in [9.17, 15) is 14.0 Å². The first-order chi connectivity index (χ1) is 9.49. The van der Waals surface area contributed by atoms with Crippen LogP contribution in [0.15, 0.2) is 57.8 Å². The van der Waals surface area contributed by atoms with Crippen LogP contribution in [0.5, 0.6) is 0 Å². The summed E-state index contributed by atoms with van der Waals surface area (Å²) < 4.78 is 15.4.